The summed E-state index contributed by atoms with van der Waals surface area (Å²) in [4.78, 5) is 26.8. The summed E-state index contributed by atoms with van der Waals surface area (Å²) in [6.45, 7) is 0. The minimum Gasteiger partial charge on any atom is -0.496 e. The van der Waals surface area contributed by atoms with Gasteiger partial charge in [0.15, 0.2) is 0 Å². The van der Waals surface area contributed by atoms with E-state index in [0.29, 0.717) is 21.9 Å². The van der Waals surface area contributed by atoms with Crippen LogP contribution in [0.5, 0.6) is 5.75 Å². The lowest BCUT2D eigenvalue weighted by Gasteiger charge is -2.13. The highest BCUT2D eigenvalue weighted by atomic mass is 32.1. The number of ether oxygens (including phenoxy) is 1. The highest BCUT2D eigenvalue weighted by molar-refractivity contribution is 7.17. The number of nitrogens with one attached hydrogen (secondary N) is 2. The van der Waals surface area contributed by atoms with Crippen molar-refractivity contribution in [3.63, 3.8) is 0 Å². The van der Waals surface area contributed by atoms with Crippen molar-refractivity contribution < 1.29 is 14.3 Å². The Morgan fingerprint density at radius 1 is 1.04 bits per heavy atom. The van der Waals surface area contributed by atoms with Crippen LogP contribution >= 0.6 is 11.3 Å². The number of anilines is 1. The lowest BCUT2D eigenvalue weighted by atomic mass is 9.95. The number of fused-ring (bicyclic) bond motifs is 2. The van der Waals surface area contributed by atoms with Crippen molar-refractivity contribution in [2.24, 2.45) is 0 Å². The average Bonchev–Trinajstić information content (AvgIpc) is 3.09. The molecule has 0 atom stereocenters. The Morgan fingerprint density at radius 3 is 2.46 bits per heavy atom. The maximum Gasteiger partial charge on any atom is 0.260 e. The van der Waals surface area contributed by atoms with E-state index in [0.717, 1.165) is 42.0 Å². The largest absolute Gasteiger partial charge is 0.496 e. The number of hydrogen-bond acceptors (Lipinski definition) is 4. The number of carbonyl (C=O) groups excluding carboxylic acids is 2. The quantitative estimate of drug-likeness (QED) is 0.689. The molecule has 0 bridgehead atoms. The number of aryl methyl sites for hydroxylation is 1. The molecule has 2 N–H and O–H groups in total. The molecule has 28 heavy (non-hydrogen) atoms. The summed E-state index contributed by atoms with van der Waals surface area (Å²) < 4.78 is 5.46. The minimum absolute atomic E-state index is 0.153. The van der Waals surface area contributed by atoms with Crippen molar-refractivity contribution in [1.82, 2.24) is 5.32 Å². The maximum atomic E-state index is 13.1. The van der Waals surface area contributed by atoms with Gasteiger partial charge in [0.2, 0.25) is 0 Å². The zero-order valence-corrected chi connectivity index (χ0v) is 16.7. The van der Waals surface area contributed by atoms with Gasteiger partial charge in [-0.05, 0) is 54.2 Å². The van der Waals surface area contributed by atoms with Crippen LogP contribution in [0.25, 0.3) is 10.8 Å². The summed E-state index contributed by atoms with van der Waals surface area (Å²) in [6.07, 6.45) is 4.02. The highest BCUT2D eigenvalue weighted by Crippen LogP contribution is 2.38. The molecular weight excluding hydrogens is 372 g/mol. The number of methoxy groups -OCH3 is 1. The van der Waals surface area contributed by atoms with Crippen molar-refractivity contribution in [3.8, 4) is 5.75 Å². The standard InChI is InChI=1S/C22H22N2O3S/c1-23-21(26)19-15-9-5-6-10-18(15)28-22(19)24-20(25)16-11-13-7-3-4-8-14(13)12-17(16)27-2/h3-4,7-8,11-12H,5-6,9-10H2,1-2H3,(H,23,26)(H,24,25). The van der Waals surface area contributed by atoms with Gasteiger partial charge in [0.25, 0.3) is 11.8 Å². The van der Waals surface area contributed by atoms with E-state index < -0.39 is 0 Å². The summed E-state index contributed by atoms with van der Waals surface area (Å²) in [5, 5.41) is 8.28. The van der Waals surface area contributed by atoms with Gasteiger partial charge in [-0.2, -0.15) is 0 Å². The van der Waals surface area contributed by atoms with Crippen LogP contribution in [0.3, 0.4) is 0 Å². The van der Waals surface area contributed by atoms with E-state index >= 15 is 0 Å². The molecule has 0 unspecified atom stereocenters. The highest BCUT2D eigenvalue weighted by Gasteiger charge is 2.26. The second-order valence-electron chi connectivity index (χ2n) is 6.85. The van der Waals surface area contributed by atoms with Crippen LogP contribution in [-0.2, 0) is 12.8 Å². The van der Waals surface area contributed by atoms with Gasteiger partial charge in [0, 0.05) is 11.9 Å². The van der Waals surface area contributed by atoms with Crippen LogP contribution in [0.2, 0.25) is 0 Å². The molecule has 5 nitrogen and oxygen atoms in total. The summed E-state index contributed by atoms with van der Waals surface area (Å²) in [5.74, 6) is 0.0885. The van der Waals surface area contributed by atoms with E-state index in [1.54, 1.807) is 14.2 Å². The maximum absolute atomic E-state index is 13.1. The number of thiophene rings is 1. The Bertz CT molecular complexity index is 1070. The molecule has 3 aromatic rings. The van der Waals surface area contributed by atoms with Gasteiger partial charge < -0.3 is 15.4 Å². The second kappa shape index (κ2) is 7.64. The molecule has 1 aliphatic rings. The first-order valence-corrected chi connectivity index (χ1v) is 10.2. The summed E-state index contributed by atoms with van der Waals surface area (Å²) in [7, 11) is 3.17. The van der Waals surface area contributed by atoms with Crippen molar-refractivity contribution in [2.75, 3.05) is 19.5 Å². The van der Waals surface area contributed by atoms with Crippen LogP contribution in [0.1, 0.15) is 44.0 Å². The van der Waals surface area contributed by atoms with Crippen molar-refractivity contribution in [3.05, 3.63) is 58.0 Å². The summed E-state index contributed by atoms with van der Waals surface area (Å²) in [6, 6.07) is 11.5. The Morgan fingerprint density at radius 2 is 1.75 bits per heavy atom. The van der Waals surface area contributed by atoms with Gasteiger partial charge in [-0.3, -0.25) is 9.59 Å². The molecule has 0 fully saturated rings. The Labute approximate surface area is 167 Å². The van der Waals surface area contributed by atoms with Gasteiger partial charge >= 0.3 is 0 Å². The molecule has 0 radical (unpaired) electrons. The molecule has 0 saturated carbocycles. The van der Waals surface area contributed by atoms with Crippen molar-refractivity contribution >= 4 is 38.9 Å². The molecule has 4 rings (SSSR count). The fraction of sp³-hybridized carbons (Fsp3) is 0.273. The zero-order chi connectivity index (χ0) is 19.7. The first-order valence-electron chi connectivity index (χ1n) is 9.37. The van der Waals surface area contributed by atoms with Crippen LogP contribution in [-0.4, -0.2) is 26.0 Å². The Kier molecular flexibility index (Phi) is 5.05. The predicted octanol–water partition coefficient (Wildman–Crippen LogP) is 4.40. The van der Waals surface area contributed by atoms with Crippen LogP contribution in [0.15, 0.2) is 36.4 Å². The normalized spacial score (nSPS) is 13.1. The fourth-order valence-corrected chi connectivity index (χ4v) is 5.04. The molecule has 6 heteroatoms. The number of benzene rings is 2. The SMILES string of the molecule is CNC(=O)c1c(NC(=O)c2cc3ccccc3cc2OC)sc2c1CCCC2. The first kappa shape index (κ1) is 18.5. The molecule has 0 aliphatic heterocycles. The zero-order valence-electron chi connectivity index (χ0n) is 15.9. The lowest BCUT2D eigenvalue weighted by Crippen LogP contribution is -2.22. The molecule has 1 aliphatic carbocycles. The van der Waals surface area contributed by atoms with Crippen LogP contribution < -0.4 is 15.4 Å². The molecule has 2 aromatic carbocycles. The van der Waals surface area contributed by atoms with E-state index in [1.165, 1.54) is 16.2 Å². The average molecular weight is 394 g/mol. The molecule has 1 aromatic heterocycles. The molecule has 144 valence electrons. The smallest absolute Gasteiger partial charge is 0.260 e. The fourth-order valence-electron chi connectivity index (χ4n) is 3.76. The molecule has 2 amide bonds. The lowest BCUT2D eigenvalue weighted by molar-refractivity contribution is 0.0963. The number of rotatable bonds is 4. The number of amides is 2. The predicted molar refractivity (Wildman–Crippen MR) is 113 cm³/mol. The summed E-state index contributed by atoms with van der Waals surface area (Å²) >= 11 is 1.51. The number of carbonyl (C=O) groups is 2. The first-order chi connectivity index (χ1) is 13.6. The van der Waals surface area contributed by atoms with Gasteiger partial charge in [0.1, 0.15) is 10.8 Å². The molecule has 1 heterocycles. The molecular formula is C22H22N2O3S. The van der Waals surface area contributed by atoms with E-state index in [9.17, 15) is 9.59 Å². The molecule has 0 spiro atoms. The van der Waals surface area contributed by atoms with Crippen molar-refractivity contribution in [1.29, 1.82) is 0 Å². The third-order valence-corrected chi connectivity index (χ3v) is 6.37. The Hall–Kier alpha value is -2.86. The van der Waals surface area contributed by atoms with E-state index in [2.05, 4.69) is 10.6 Å². The second-order valence-corrected chi connectivity index (χ2v) is 7.95. The van der Waals surface area contributed by atoms with Crippen LogP contribution in [0.4, 0.5) is 5.00 Å². The summed E-state index contributed by atoms with van der Waals surface area (Å²) in [5.41, 5.74) is 2.14. The molecule has 0 saturated heterocycles. The monoisotopic (exact) mass is 394 g/mol. The van der Waals surface area contributed by atoms with Crippen molar-refractivity contribution in [2.45, 2.75) is 25.7 Å². The topological polar surface area (TPSA) is 67.4 Å². The van der Waals surface area contributed by atoms with E-state index in [1.807, 2.05) is 36.4 Å². The van der Waals surface area contributed by atoms with Gasteiger partial charge in [0.05, 0.1) is 18.2 Å². The van der Waals surface area contributed by atoms with E-state index in [-0.39, 0.29) is 11.8 Å². The van der Waals surface area contributed by atoms with Crippen LogP contribution in [0, 0.1) is 0 Å². The van der Waals surface area contributed by atoms with Gasteiger partial charge in [-0.15, -0.1) is 11.3 Å². The third kappa shape index (κ3) is 3.24. The van der Waals surface area contributed by atoms with E-state index in [4.69, 9.17) is 4.74 Å². The van der Waals surface area contributed by atoms with Gasteiger partial charge in [-0.1, -0.05) is 24.3 Å². The number of hydrogen-bond donors (Lipinski definition) is 2. The minimum atomic E-state index is -0.272. The third-order valence-electron chi connectivity index (χ3n) is 5.16. The Balaban J connectivity index is 1.74. The van der Waals surface area contributed by atoms with Gasteiger partial charge in [-0.25, -0.2) is 0 Å².